The zero-order valence-corrected chi connectivity index (χ0v) is 11.1. The molecular formula is C11H15ClN2O2S. The largest absolute Gasteiger partial charge is 0.315 e. The third-order valence-corrected chi connectivity index (χ3v) is 4.76. The minimum absolute atomic E-state index is 0.0441. The Labute approximate surface area is 106 Å². The fourth-order valence-electron chi connectivity index (χ4n) is 1.86. The number of rotatable bonds is 3. The first-order chi connectivity index (χ1) is 7.99. The zero-order valence-electron chi connectivity index (χ0n) is 9.53. The van der Waals surface area contributed by atoms with E-state index in [9.17, 15) is 8.42 Å². The van der Waals surface area contributed by atoms with Gasteiger partial charge in [0.1, 0.15) is 4.90 Å². The minimum Gasteiger partial charge on any atom is -0.315 e. The van der Waals surface area contributed by atoms with Crippen molar-refractivity contribution in [1.29, 1.82) is 0 Å². The molecule has 1 aromatic rings. The van der Waals surface area contributed by atoms with Crippen LogP contribution < -0.4 is 10.0 Å². The number of hydrogen-bond acceptors (Lipinski definition) is 3. The molecule has 2 N–H and O–H groups in total. The number of hydrogen-bond donors (Lipinski definition) is 2. The molecule has 0 saturated carbocycles. The number of halogens is 1. The Bertz CT molecular complexity index is 510. The van der Waals surface area contributed by atoms with Crippen molar-refractivity contribution in [2.24, 2.45) is 0 Å². The van der Waals surface area contributed by atoms with Gasteiger partial charge in [-0.3, -0.25) is 0 Å². The molecule has 1 atom stereocenters. The van der Waals surface area contributed by atoms with Crippen molar-refractivity contribution >= 4 is 21.6 Å². The maximum absolute atomic E-state index is 12.1. The molecule has 0 aromatic heterocycles. The van der Waals surface area contributed by atoms with Gasteiger partial charge in [-0.1, -0.05) is 17.7 Å². The topological polar surface area (TPSA) is 58.2 Å². The normalized spacial score (nSPS) is 20.7. The molecule has 1 aliphatic heterocycles. The van der Waals surface area contributed by atoms with Crippen LogP contribution >= 0.6 is 11.6 Å². The molecule has 1 aromatic carbocycles. The fraction of sp³-hybridized carbons (Fsp3) is 0.455. The van der Waals surface area contributed by atoms with E-state index in [0.29, 0.717) is 6.54 Å². The van der Waals surface area contributed by atoms with Crippen LogP contribution in [0, 0.1) is 6.92 Å². The standard InChI is InChI=1S/C11H15ClN2O2S/c1-8-2-3-11(10(12)6-8)17(15,16)14-9-4-5-13-7-9/h2-3,6,9,13-14H,4-5,7H2,1H3. The van der Waals surface area contributed by atoms with Gasteiger partial charge in [0, 0.05) is 12.6 Å². The minimum atomic E-state index is -3.51. The van der Waals surface area contributed by atoms with Gasteiger partial charge >= 0.3 is 0 Å². The second kappa shape index (κ2) is 4.94. The monoisotopic (exact) mass is 274 g/mol. The summed E-state index contributed by atoms with van der Waals surface area (Å²) >= 11 is 5.96. The molecule has 2 rings (SSSR count). The van der Waals surface area contributed by atoms with Crippen LogP contribution in [0.15, 0.2) is 23.1 Å². The van der Waals surface area contributed by atoms with Gasteiger partial charge < -0.3 is 5.32 Å². The Hall–Kier alpha value is -0.620. The zero-order chi connectivity index (χ0) is 12.5. The summed E-state index contributed by atoms with van der Waals surface area (Å²) in [5.41, 5.74) is 0.941. The third-order valence-electron chi connectivity index (χ3n) is 2.76. The lowest BCUT2D eigenvalue weighted by atomic mass is 10.2. The van der Waals surface area contributed by atoms with E-state index in [-0.39, 0.29) is 16.0 Å². The molecule has 1 unspecified atom stereocenters. The van der Waals surface area contributed by atoms with Crippen molar-refractivity contribution in [2.75, 3.05) is 13.1 Å². The van der Waals surface area contributed by atoms with Crippen molar-refractivity contribution in [1.82, 2.24) is 10.0 Å². The molecule has 1 saturated heterocycles. The molecule has 17 heavy (non-hydrogen) atoms. The molecule has 1 aliphatic rings. The first-order valence-corrected chi connectivity index (χ1v) is 7.34. The lowest BCUT2D eigenvalue weighted by Gasteiger charge is -2.13. The number of nitrogens with one attached hydrogen (secondary N) is 2. The second-order valence-electron chi connectivity index (χ2n) is 4.24. The Kier molecular flexibility index (Phi) is 3.73. The van der Waals surface area contributed by atoms with Gasteiger partial charge in [-0.25, -0.2) is 13.1 Å². The molecule has 0 radical (unpaired) electrons. The second-order valence-corrected chi connectivity index (χ2v) is 6.33. The maximum atomic E-state index is 12.1. The highest BCUT2D eigenvalue weighted by molar-refractivity contribution is 7.89. The first kappa shape index (κ1) is 12.8. The van der Waals surface area contributed by atoms with Crippen LogP contribution in [0.3, 0.4) is 0 Å². The van der Waals surface area contributed by atoms with Crippen molar-refractivity contribution < 1.29 is 8.42 Å². The van der Waals surface area contributed by atoms with Crippen LogP contribution in [-0.4, -0.2) is 27.5 Å². The predicted octanol–water partition coefficient (Wildman–Crippen LogP) is 1.29. The van der Waals surface area contributed by atoms with Gasteiger partial charge in [0.05, 0.1) is 5.02 Å². The van der Waals surface area contributed by atoms with E-state index < -0.39 is 10.0 Å². The van der Waals surface area contributed by atoms with Crippen LogP contribution in [-0.2, 0) is 10.0 Å². The van der Waals surface area contributed by atoms with Crippen LogP contribution in [0.5, 0.6) is 0 Å². The molecule has 0 aliphatic carbocycles. The summed E-state index contributed by atoms with van der Waals surface area (Å²) in [6.07, 6.45) is 0.808. The van der Waals surface area contributed by atoms with Crippen molar-refractivity contribution in [3.63, 3.8) is 0 Å². The molecule has 0 spiro atoms. The molecule has 1 heterocycles. The average molecular weight is 275 g/mol. The van der Waals surface area contributed by atoms with Crippen LogP contribution in [0.1, 0.15) is 12.0 Å². The van der Waals surface area contributed by atoms with Crippen molar-refractivity contribution in [2.45, 2.75) is 24.3 Å². The predicted molar refractivity (Wildman–Crippen MR) is 67.8 cm³/mol. The van der Waals surface area contributed by atoms with Crippen molar-refractivity contribution in [3.8, 4) is 0 Å². The molecule has 4 nitrogen and oxygen atoms in total. The average Bonchev–Trinajstić information content (AvgIpc) is 2.68. The molecule has 0 amide bonds. The Morgan fingerprint density at radius 1 is 1.47 bits per heavy atom. The fourth-order valence-corrected chi connectivity index (χ4v) is 3.73. The Morgan fingerprint density at radius 2 is 2.24 bits per heavy atom. The van der Waals surface area contributed by atoms with E-state index in [0.717, 1.165) is 18.5 Å². The van der Waals surface area contributed by atoms with Gasteiger partial charge in [-0.05, 0) is 37.6 Å². The highest BCUT2D eigenvalue weighted by Gasteiger charge is 2.24. The lowest BCUT2D eigenvalue weighted by Crippen LogP contribution is -2.36. The summed E-state index contributed by atoms with van der Waals surface area (Å²) in [5, 5.41) is 3.38. The summed E-state index contributed by atoms with van der Waals surface area (Å²) in [5.74, 6) is 0. The van der Waals surface area contributed by atoms with Crippen LogP contribution in [0.2, 0.25) is 5.02 Å². The Morgan fingerprint density at radius 3 is 2.82 bits per heavy atom. The summed E-state index contributed by atoms with van der Waals surface area (Å²) in [6, 6.07) is 4.90. The number of benzene rings is 1. The van der Waals surface area contributed by atoms with E-state index in [4.69, 9.17) is 11.6 Å². The Balaban J connectivity index is 2.24. The van der Waals surface area contributed by atoms with Gasteiger partial charge in [0.15, 0.2) is 0 Å². The van der Waals surface area contributed by atoms with Crippen LogP contribution in [0.25, 0.3) is 0 Å². The highest BCUT2D eigenvalue weighted by Crippen LogP contribution is 2.22. The van der Waals surface area contributed by atoms with Gasteiger partial charge in [0.2, 0.25) is 10.0 Å². The molecule has 1 fully saturated rings. The van der Waals surface area contributed by atoms with Gasteiger partial charge in [-0.15, -0.1) is 0 Å². The number of sulfonamides is 1. The summed E-state index contributed by atoms with van der Waals surface area (Å²) in [4.78, 5) is 0.150. The lowest BCUT2D eigenvalue weighted by molar-refractivity contribution is 0.560. The quantitative estimate of drug-likeness (QED) is 0.873. The molecule has 0 bridgehead atoms. The smallest absolute Gasteiger partial charge is 0.242 e. The summed E-state index contributed by atoms with van der Waals surface area (Å²) in [6.45, 7) is 3.38. The third kappa shape index (κ3) is 2.98. The van der Waals surface area contributed by atoms with Gasteiger partial charge in [-0.2, -0.15) is 0 Å². The SMILES string of the molecule is Cc1ccc(S(=O)(=O)NC2CCNC2)c(Cl)c1. The van der Waals surface area contributed by atoms with Crippen molar-refractivity contribution in [3.05, 3.63) is 28.8 Å². The molecule has 6 heteroatoms. The summed E-state index contributed by atoms with van der Waals surface area (Å²) in [7, 11) is -3.51. The van der Waals surface area contributed by atoms with Crippen LogP contribution in [0.4, 0.5) is 0 Å². The van der Waals surface area contributed by atoms with E-state index in [1.165, 1.54) is 0 Å². The summed E-state index contributed by atoms with van der Waals surface area (Å²) < 4.78 is 26.9. The molecular weight excluding hydrogens is 260 g/mol. The van der Waals surface area contributed by atoms with E-state index in [2.05, 4.69) is 10.0 Å². The molecule has 94 valence electrons. The first-order valence-electron chi connectivity index (χ1n) is 5.48. The maximum Gasteiger partial charge on any atom is 0.242 e. The van der Waals surface area contributed by atoms with E-state index in [1.807, 2.05) is 6.92 Å². The van der Waals surface area contributed by atoms with E-state index >= 15 is 0 Å². The number of aryl methyl sites for hydroxylation is 1. The van der Waals surface area contributed by atoms with E-state index in [1.54, 1.807) is 18.2 Å². The highest BCUT2D eigenvalue weighted by atomic mass is 35.5. The van der Waals surface area contributed by atoms with Gasteiger partial charge in [0.25, 0.3) is 0 Å².